The van der Waals surface area contributed by atoms with Gasteiger partial charge in [0, 0.05) is 30.9 Å². The zero-order valence-corrected chi connectivity index (χ0v) is 14.7. The van der Waals surface area contributed by atoms with Crippen LogP contribution in [-0.2, 0) is 11.3 Å². The molecule has 0 unspecified atom stereocenters. The van der Waals surface area contributed by atoms with E-state index in [9.17, 15) is 9.59 Å². The third-order valence-corrected chi connectivity index (χ3v) is 3.60. The van der Waals surface area contributed by atoms with Crippen LogP contribution in [0.25, 0.3) is 11.3 Å². The van der Waals surface area contributed by atoms with Gasteiger partial charge in [-0.25, -0.2) is 9.67 Å². The highest BCUT2D eigenvalue weighted by molar-refractivity contribution is 5.75. The summed E-state index contributed by atoms with van der Waals surface area (Å²) in [5, 5.41) is 18.9. The SMILES string of the molecule is C=C(CO)CCNc1ccc(-c2ccc(=O)n(CC(=O)NCC)n2)cn1. The molecule has 0 aliphatic carbocycles. The van der Waals surface area contributed by atoms with E-state index in [1.165, 1.54) is 6.07 Å². The number of carbonyl (C=O) groups is 1. The van der Waals surface area contributed by atoms with Crippen LogP contribution in [-0.4, -0.2) is 45.5 Å². The van der Waals surface area contributed by atoms with Gasteiger partial charge in [-0.1, -0.05) is 12.2 Å². The fourth-order valence-corrected chi connectivity index (χ4v) is 2.20. The van der Waals surface area contributed by atoms with Crippen molar-refractivity contribution in [1.82, 2.24) is 20.1 Å². The van der Waals surface area contributed by atoms with Gasteiger partial charge in [0.2, 0.25) is 5.91 Å². The summed E-state index contributed by atoms with van der Waals surface area (Å²) in [5.41, 5.74) is 1.71. The van der Waals surface area contributed by atoms with Crippen LogP contribution in [0.2, 0.25) is 0 Å². The summed E-state index contributed by atoms with van der Waals surface area (Å²) in [6.07, 6.45) is 2.30. The van der Waals surface area contributed by atoms with Crippen molar-refractivity contribution in [2.75, 3.05) is 25.0 Å². The quantitative estimate of drug-likeness (QED) is 0.573. The average Bonchev–Trinajstić information content (AvgIpc) is 2.64. The van der Waals surface area contributed by atoms with Gasteiger partial charge in [0.15, 0.2) is 0 Å². The first kappa shape index (κ1) is 19.3. The molecule has 0 fully saturated rings. The maximum atomic E-state index is 11.9. The summed E-state index contributed by atoms with van der Waals surface area (Å²) in [5.74, 6) is 0.427. The molecule has 26 heavy (non-hydrogen) atoms. The normalized spacial score (nSPS) is 10.4. The zero-order chi connectivity index (χ0) is 18.9. The lowest BCUT2D eigenvalue weighted by molar-refractivity contribution is -0.121. The number of rotatable bonds is 9. The molecule has 0 aliphatic rings. The van der Waals surface area contributed by atoms with E-state index in [1.807, 2.05) is 13.0 Å². The number of nitrogens with zero attached hydrogens (tertiary/aromatic N) is 3. The first-order valence-electron chi connectivity index (χ1n) is 8.36. The first-order chi connectivity index (χ1) is 12.5. The molecule has 0 saturated carbocycles. The second-order valence-corrected chi connectivity index (χ2v) is 5.68. The van der Waals surface area contributed by atoms with Crippen molar-refractivity contribution in [3.8, 4) is 11.3 Å². The number of hydrogen-bond donors (Lipinski definition) is 3. The lowest BCUT2D eigenvalue weighted by atomic mass is 10.2. The number of likely N-dealkylation sites (N-methyl/N-ethyl adjacent to an activating group) is 1. The molecule has 138 valence electrons. The second kappa shape index (κ2) is 9.47. The topological polar surface area (TPSA) is 109 Å². The van der Waals surface area contributed by atoms with Crippen molar-refractivity contribution in [3.63, 3.8) is 0 Å². The van der Waals surface area contributed by atoms with Crippen molar-refractivity contribution >= 4 is 11.7 Å². The van der Waals surface area contributed by atoms with Gasteiger partial charge in [0.05, 0.1) is 12.3 Å². The number of aliphatic hydroxyl groups excluding tert-OH is 1. The zero-order valence-electron chi connectivity index (χ0n) is 14.7. The summed E-state index contributed by atoms with van der Waals surface area (Å²) in [6, 6.07) is 6.62. The van der Waals surface area contributed by atoms with E-state index >= 15 is 0 Å². The van der Waals surface area contributed by atoms with Crippen LogP contribution in [0.15, 0.2) is 47.4 Å². The van der Waals surface area contributed by atoms with Crippen LogP contribution in [0.5, 0.6) is 0 Å². The Labute approximate surface area is 151 Å². The van der Waals surface area contributed by atoms with E-state index in [1.54, 1.807) is 18.3 Å². The number of anilines is 1. The highest BCUT2D eigenvalue weighted by Crippen LogP contribution is 2.16. The summed E-state index contributed by atoms with van der Waals surface area (Å²) in [7, 11) is 0. The van der Waals surface area contributed by atoms with Gasteiger partial charge in [-0.15, -0.1) is 0 Å². The maximum absolute atomic E-state index is 11.9. The van der Waals surface area contributed by atoms with E-state index < -0.39 is 0 Å². The molecule has 0 aliphatic heterocycles. The third kappa shape index (κ3) is 5.52. The minimum absolute atomic E-state index is 0.0221. The molecule has 3 N–H and O–H groups in total. The molecule has 2 aromatic heterocycles. The molecule has 2 rings (SSSR count). The average molecular weight is 357 g/mol. The largest absolute Gasteiger partial charge is 0.392 e. The molecular weight excluding hydrogens is 334 g/mol. The fourth-order valence-electron chi connectivity index (χ4n) is 2.20. The van der Waals surface area contributed by atoms with Crippen LogP contribution in [0, 0.1) is 0 Å². The molecule has 0 spiro atoms. The van der Waals surface area contributed by atoms with Crippen LogP contribution in [0.3, 0.4) is 0 Å². The van der Waals surface area contributed by atoms with Crippen LogP contribution >= 0.6 is 0 Å². The molecule has 8 nitrogen and oxygen atoms in total. The number of nitrogens with one attached hydrogen (secondary N) is 2. The molecular formula is C18H23N5O3. The highest BCUT2D eigenvalue weighted by Gasteiger charge is 2.08. The van der Waals surface area contributed by atoms with Crippen LogP contribution in [0.1, 0.15) is 13.3 Å². The lowest BCUT2D eigenvalue weighted by Crippen LogP contribution is -2.33. The predicted molar refractivity (Wildman–Crippen MR) is 99.7 cm³/mol. The van der Waals surface area contributed by atoms with Gasteiger partial charge >= 0.3 is 0 Å². The Bertz CT molecular complexity index is 814. The van der Waals surface area contributed by atoms with Gasteiger partial charge in [0.1, 0.15) is 12.4 Å². The molecule has 8 heteroatoms. The number of aliphatic hydroxyl groups is 1. The van der Waals surface area contributed by atoms with E-state index in [0.29, 0.717) is 31.0 Å². The molecule has 0 aromatic carbocycles. The van der Waals surface area contributed by atoms with Crippen molar-refractivity contribution in [2.24, 2.45) is 0 Å². The van der Waals surface area contributed by atoms with Crippen molar-refractivity contribution in [3.05, 3.63) is 53.0 Å². The Morgan fingerprint density at radius 2 is 2.12 bits per heavy atom. The van der Waals surface area contributed by atoms with Gasteiger partial charge in [-0.2, -0.15) is 5.10 Å². The maximum Gasteiger partial charge on any atom is 0.267 e. The van der Waals surface area contributed by atoms with E-state index in [2.05, 4.69) is 27.3 Å². The number of pyridine rings is 1. The van der Waals surface area contributed by atoms with Gasteiger partial charge < -0.3 is 15.7 Å². The fraction of sp³-hybridized carbons (Fsp3) is 0.333. The smallest absolute Gasteiger partial charge is 0.267 e. The number of carbonyl (C=O) groups excluding carboxylic acids is 1. The van der Waals surface area contributed by atoms with E-state index in [-0.39, 0.29) is 24.6 Å². The molecule has 2 heterocycles. The minimum Gasteiger partial charge on any atom is -0.392 e. The molecule has 0 bridgehead atoms. The van der Waals surface area contributed by atoms with E-state index in [4.69, 9.17) is 5.11 Å². The Morgan fingerprint density at radius 1 is 1.31 bits per heavy atom. The summed E-state index contributed by atoms with van der Waals surface area (Å²) in [4.78, 5) is 27.8. The number of amides is 1. The van der Waals surface area contributed by atoms with Crippen molar-refractivity contribution in [1.29, 1.82) is 0 Å². The van der Waals surface area contributed by atoms with Gasteiger partial charge in [-0.3, -0.25) is 9.59 Å². The Kier molecular flexibility index (Phi) is 7.04. The van der Waals surface area contributed by atoms with Gasteiger partial charge in [0.25, 0.3) is 5.56 Å². The summed E-state index contributed by atoms with van der Waals surface area (Å²) >= 11 is 0. The van der Waals surface area contributed by atoms with Crippen LogP contribution in [0.4, 0.5) is 5.82 Å². The number of aromatic nitrogens is 3. The standard InChI is InChI=1S/C18H23N5O3/c1-3-19-17(25)11-23-18(26)7-5-15(22-23)14-4-6-16(21-10-14)20-9-8-13(2)12-24/h4-7,10,24H,2-3,8-9,11-12H2,1H3,(H,19,25)(H,20,21). The minimum atomic E-state index is -0.338. The molecule has 2 aromatic rings. The second-order valence-electron chi connectivity index (χ2n) is 5.68. The van der Waals surface area contributed by atoms with Gasteiger partial charge in [-0.05, 0) is 31.5 Å². The Morgan fingerprint density at radius 3 is 2.77 bits per heavy atom. The first-order valence-corrected chi connectivity index (χ1v) is 8.36. The predicted octanol–water partition coefficient (Wildman–Crippen LogP) is 0.792. The molecule has 1 amide bonds. The molecule has 0 atom stereocenters. The lowest BCUT2D eigenvalue weighted by Gasteiger charge is -2.09. The summed E-state index contributed by atoms with van der Waals surface area (Å²) in [6.45, 7) is 6.52. The number of hydrogen-bond acceptors (Lipinski definition) is 6. The summed E-state index contributed by atoms with van der Waals surface area (Å²) < 4.78 is 1.13. The molecule has 0 saturated heterocycles. The van der Waals surface area contributed by atoms with Crippen LogP contribution < -0.4 is 16.2 Å². The Balaban J connectivity index is 2.07. The monoisotopic (exact) mass is 357 g/mol. The van der Waals surface area contributed by atoms with E-state index in [0.717, 1.165) is 15.8 Å². The third-order valence-electron chi connectivity index (χ3n) is 3.60. The molecule has 0 radical (unpaired) electrons. The Hall–Kier alpha value is -3.00. The highest BCUT2D eigenvalue weighted by atomic mass is 16.3. The van der Waals surface area contributed by atoms with Crippen molar-refractivity contribution < 1.29 is 9.90 Å². The van der Waals surface area contributed by atoms with Crippen molar-refractivity contribution in [2.45, 2.75) is 19.9 Å².